The Morgan fingerprint density at radius 3 is 2.43 bits per heavy atom. The zero-order valence-corrected chi connectivity index (χ0v) is 12.2. The lowest BCUT2D eigenvalue weighted by molar-refractivity contribution is -0.139. The van der Waals surface area contributed by atoms with Crippen LogP contribution in [0.25, 0.3) is 0 Å². The van der Waals surface area contributed by atoms with Crippen molar-refractivity contribution in [3.63, 3.8) is 0 Å². The second-order valence-corrected chi connectivity index (χ2v) is 5.49. The van der Waals surface area contributed by atoms with E-state index in [4.69, 9.17) is 10.6 Å². The number of anilines is 1. The first-order chi connectivity index (χ1) is 11.0. The van der Waals surface area contributed by atoms with Crippen LogP contribution in [0.1, 0.15) is 29.9 Å². The molecule has 0 atom stereocenters. The number of alkyl halides is 3. The van der Waals surface area contributed by atoms with E-state index in [1.165, 1.54) is 17.8 Å². The number of hydrazine groups is 1. The Morgan fingerprint density at radius 1 is 1.13 bits per heavy atom. The third-order valence-corrected chi connectivity index (χ3v) is 3.99. The predicted molar refractivity (Wildman–Crippen MR) is 79.9 cm³/mol. The van der Waals surface area contributed by atoms with Crippen molar-refractivity contribution in [2.24, 2.45) is 5.84 Å². The van der Waals surface area contributed by atoms with Crippen molar-refractivity contribution in [3.8, 4) is 5.75 Å². The van der Waals surface area contributed by atoms with Crippen LogP contribution in [0.15, 0.2) is 42.6 Å². The van der Waals surface area contributed by atoms with Crippen LogP contribution in [0.3, 0.4) is 0 Å². The van der Waals surface area contributed by atoms with Crippen molar-refractivity contribution in [1.82, 2.24) is 4.98 Å². The smallest absolute Gasteiger partial charge is 0.423 e. The van der Waals surface area contributed by atoms with Gasteiger partial charge in [-0.15, -0.1) is 0 Å². The number of aromatic nitrogens is 1. The fourth-order valence-corrected chi connectivity index (χ4v) is 2.76. The molecule has 7 heteroatoms. The highest BCUT2D eigenvalue weighted by molar-refractivity contribution is 5.53. The van der Waals surface area contributed by atoms with Crippen molar-refractivity contribution in [2.45, 2.75) is 31.0 Å². The molecule has 0 aliphatic heterocycles. The molecule has 1 aromatic heterocycles. The summed E-state index contributed by atoms with van der Waals surface area (Å²) in [6.45, 7) is 0. The Hall–Kier alpha value is -2.28. The number of nitrogen functional groups attached to an aromatic ring is 1. The van der Waals surface area contributed by atoms with Crippen LogP contribution in [0.2, 0.25) is 0 Å². The van der Waals surface area contributed by atoms with Gasteiger partial charge in [-0.05, 0) is 30.4 Å². The Kier molecular flexibility index (Phi) is 4.12. The summed E-state index contributed by atoms with van der Waals surface area (Å²) in [4.78, 5) is 3.60. The van der Waals surface area contributed by atoms with Crippen LogP contribution in [0, 0.1) is 0 Å². The topological polar surface area (TPSA) is 60.2 Å². The number of nitrogens with one attached hydrogen (secondary N) is 1. The molecule has 0 spiro atoms. The summed E-state index contributed by atoms with van der Waals surface area (Å²) in [5.41, 5.74) is 2.19. The average molecular weight is 323 g/mol. The van der Waals surface area contributed by atoms with Gasteiger partial charge in [-0.1, -0.05) is 30.3 Å². The number of nitrogens with two attached hydrogens (primary N) is 1. The lowest BCUT2D eigenvalue weighted by Crippen LogP contribution is -2.33. The Morgan fingerprint density at radius 2 is 1.83 bits per heavy atom. The van der Waals surface area contributed by atoms with E-state index in [0.29, 0.717) is 18.8 Å². The first kappa shape index (κ1) is 15.6. The first-order valence-electron chi connectivity index (χ1n) is 7.23. The van der Waals surface area contributed by atoms with Crippen LogP contribution in [-0.4, -0.2) is 11.1 Å². The van der Waals surface area contributed by atoms with Gasteiger partial charge >= 0.3 is 6.18 Å². The number of hydrogen-bond acceptors (Lipinski definition) is 4. The summed E-state index contributed by atoms with van der Waals surface area (Å²) in [5, 5.41) is 0. The van der Waals surface area contributed by atoms with Crippen LogP contribution in [-0.2, 0) is 6.18 Å². The molecule has 1 heterocycles. The molecule has 23 heavy (non-hydrogen) atoms. The molecule has 122 valence electrons. The Labute approximate surface area is 131 Å². The maximum absolute atomic E-state index is 13.2. The summed E-state index contributed by atoms with van der Waals surface area (Å²) in [7, 11) is 0. The lowest BCUT2D eigenvalue weighted by atomic mass is 9.77. The van der Waals surface area contributed by atoms with Gasteiger partial charge in [-0.25, -0.2) is 10.8 Å². The van der Waals surface area contributed by atoms with Crippen LogP contribution >= 0.6 is 0 Å². The van der Waals surface area contributed by atoms with E-state index < -0.39 is 17.6 Å². The second kappa shape index (κ2) is 6.08. The van der Waals surface area contributed by atoms with Gasteiger partial charge in [0.15, 0.2) is 5.82 Å². The van der Waals surface area contributed by atoms with Gasteiger partial charge in [0.05, 0.1) is 6.10 Å². The van der Waals surface area contributed by atoms with Gasteiger partial charge in [-0.2, -0.15) is 13.2 Å². The van der Waals surface area contributed by atoms with Gasteiger partial charge in [0.25, 0.3) is 0 Å². The highest BCUT2D eigenvalue weighted by Gasteiger charge is 2.40. The van der Waals surface area contributed by atoms with E-state index in [1.54, 1.807) is 0 Å². The second-order valence-electron chi connectivity index (χ2n) is 5.49. The predicted octanol–water partition coefficient (Wildman–Crippen LogP) is 3.71. The third kappa shape index (κ3) is 3.24. The Balaban J connectivity index is 1.73. The van der Waals surface area contributed by atoms with Gasteiger partial charge in [0.2, 0.25) is 0 Å². The molecule has 1 aliphatic carbocycles. The molecule has 1 saturated carbocycles. The highest BCUT2D eigenvalue weighted by Crippen LogP contribution is 2.44. The van der Waals surface area contributed by atoms with E-state index in [1.807, 2.05) is 35.8 Å². The van der Waals surface area contributed by atoms with Crippen LogP contribution in [0.4, 0.5) is 19.0 Å². The van der Waals surface area contributed by atoms with Gasteiger partial charge in [0, 0.05) is 6.20 Å². The number of pyridine rings is 1. The molecule has 1 aliphatic rings. The third-order valence-electron chi connectivity index (χ3n) is 3.99. The van der Waals surface area contributed by atoms with Crippen molar-refractivity contribution in [3.05, 3.63) is 53.7 Å². The molecule has 0 bridgehead atoms. The maximum atomic E-state index is 13.2. The number of hydrogen-bond donors (Lipinski definition) is 2. The van der Waals surface area contributed by atoms with Gasteiger partial charge < -0.3 is 10.2 Å². The van der Waals surface area contributed by atoms with E-state index in [9.17, 15) is 13.2 Å². The number of nitrogens with zero attached hydrogens (tertiary/aromatic N) is 1. The molecule has 1 fully saturated rings. The van der Waals surface area contributed by atoms with E-state index in [2.05, 4.69) is 4.98 Å². The zero-order valence-electron chi connectivity index (χ0n) is 12.2. The fourth-order valence-electron chi connectivity index (χ4n) is 2.76. The Bertz CT molecular complexity index is 670. The van der Waals surface area contributed by atoms with Crippen molar-refractivity contribution in [2.75, 3.05) is 5.43 Å². The monoisotopic (exact) mass is 323 g/mol. The fraction of sp³-hybridized carbons (Fsp3) is 0.312. The minimum atomic E-state index is -4.59. The van der Waals surface area contributed by atoms with E-state index in [-0.39, 0.29) is 11.9 Å². The van der Waals surface area contributed by atoms with Gasteiger partial charge in [0.1, 0.15) is 11.3 Å². The lowest BCUT2D eigenvalue weighted by Gasteiger charge is -2.36. The molecule has 1 aromatic carbocycles. The molecule has 4 nitrogen and oxygen atoms in total. The summed E-state index contributed by atoms with van der Waals surface area (Å²) < 4.78 is 45.1. The first-order valence-corrected chi connectivity index (χ1v) is 7.23. The molecule has 2 aromatic rings. The molecule has 0 saturated heterocycles. The standard InChI is InChI=1S/C16H16F3N3O/c17-16(18,19)14-13(6-7-21-15(14)22-20)23-12-8-11(9-12)10-4-2-1-3-5-10/h1-7,11-12H,8-9,20H2,(H,21,22). The summed E-state index contributed by atoms with van der Waals surface area (Å²) >= 11 is 0. The zero-order chi connectivity index (χ0) is 16.4. The molecular weight excluding hydrogens is 307 g/mol. The van der Waals surface area contributed by atoms with E-state index >= 15 is 0 Å². The number of halogens is 3. The molecule has 0 unspecified atom stereocenters. The SMILES string of the molecule is NNc1nccc(OC2CC(c3ccccc3)C2)c1C(F)(F)F. The minimum Gasteiger partial charge on any atom is -0.490 e. The average Bonchev–Trinajstić information content (AvgIpc) is 2.49. The van der Waals surface area contributed by atoms with Crippen LogP contribution < -0.4 is 16.0 Å². The summed E-state index contributed by atoms with van der Waals surface area (Å²) in [5.74, 6) is 4.77. The number of rotatable bonds is 4. The number of benzene rings is 1. The summed E-state index contributed by atoms with van der Waals surface area (Å²) in [6.07, 6.45) is -2.21. The molecular formula is C16H16F3N3O. The minimum absolute atomic E-state index is 0.239. The van der Waals surface area contributed by atoms with Crippen LogP contribution in [0.5, 0.6) is 5.75 Å². The maximum Gasteiger partial charge on any atom is 0.423 e. The summed E-state index contributed by atoms with van der Waals surface area (Å²) in [6, 6.07) is 11.1. The van der Waals surface area contributed by atoms with E-state index in [0.717, 1.165) is 0 Å². The molecule has 0 radical (unpaired) electrons. The van der Waals surface area contributed by atoms with Crippen molar-refractivity contribution < 1.29 is 17.9 Å². The molecule has 0 amide bonds. The molecule has 3 rings (SSSR count). The normalized spacial score (nSPS) is 20.7. The number of ether oxygens (including phenoxy) is 1. The highest BCUT2D eigenvalue weighted by atomic mass is 19.4. The van der Waals surface area contributed by atoms with Gasteiger partial charge in [-0.3, -0.25) is 0 Å². The van der Waals surface area contributed by atoms with Crippen molar-refractivity contribution >= 4 is 5.82 Å². The van der Waals surface area contributed by atoms with Crippen molar-refractivity contribution in [1.29, 1.82) is 0 Å². The largest absolute Gasteiger partial charge is 0.490 e. The quantitative estimate of drug-likeness (QED) is 0.665. The molecule has 3 N–H and O–H groups in total.